The topological polar surface area (TPSA) is 61.9 Å². The van der Waals surface area contributed by atoms with Gasteiger partial charge >= 0.3 is 10.2 Å². The smallest absolute Gasteiger partial charge is 0.331 e. The first-order valence-electron chi connectivity index (χ1n) is 8.58. The molecule has 2 heterocycles. The second-order valence-electron chi connectivity index (χ2n) is 6.27. The fourth-order valence-electron chi connectivity index (χ4n) is 3.37. The van der Waals surface area contributed by atoms with Gasteiger partial charge in [0.15, 0.2) is 0 Å². The maximum Gasteiger partial charge on any atom is 0.331 e. The number of nitrogens with one attached hydrogen (secondary N) is 1. The minimum Gasteiger partial charge on any atom is -0.376 e. The van der Waals surface area contributed by atoms with Crippen molar-refractivity contribution in [2.45, 2.75) is 12.5 Å². The number of hydrogen-bond acceptors (Lipinski definition) is 4. The lowest BCUT2D eigenvalue weighted by Gasteiger charge is -2.26. The summed E-state index contributed by atoms with van der Waals surface area (Å²) < 4.78 is 48.8. The van der Waals surface area contributed by atoms with Gasteiger partial charge in [-0.1, -0.05) is 24.3 Å². The van der Waals surface area contributed by atoms with Crippen LogP contribution in [0.15, 0.2) is 48.5 Å². The molecule has 138 valence electrons. The molecule has 2 aliphatic heterocycles. The predicted octanol–water partition coefficient (Wildman–Crippen LogP) is 2.41. The average Bonchev–Trinajstić information content (AvgIpc) is 2.87. The summed E-state index contributed by atoms with van der Waals surface area (Å²) in [5, 5.41) is 3.24. The van der Waals surface area contributed by atoms with Gasteiger partial charge in [0, 0.05) is 19.6 Å². The molecule has 0 saturated carbocycles. The van der Waals surface area contributed by atoms with E-state index in [1.165, 1.54) is 16.4 Å². The molecule has 1 saturated heterocycles. The van der Waals surface area contributed by atoms with Crippen LogP contribution in [0.3, 0.4) is 0 Å². The SMILES string of the molecule is O=S1(=O)N(CC[C@@H]2CNCCO2)c2ccccc2N1c1ccccc1F. The summed E-state index contributed by atoms with van der Waals surface area (Å²) in [6, 6.07) is 12.9. The number of ether oxygens (including phenoxy) is 1. The number of nitrogens with zero attached hydrogens (tertiary/aromatic N) is 2. The summed E-state index contributed by atoms with van der Waals surface area (Å²) in [7, 11) is -3.91. The average molecular weight is 377 g/mol. The van der Waals surface area contributed by atoms with Crippen molar-refractivity contribution in [3.8, 4) is 0 Å². The molecule has 8 heteroatoms. The van der Waals surface area contributed by atoms with Crippen molar-refractivity contribution in [2.75, 3.05) is 34.9 Å². The summed E-state index contributed by atoms with van der Waals surface area (Å²) in [5.41, 5.74) is 1.04. The molecule has 2 aromatic rings. The Morgan fingerprint density at radius 2 is 1.77 bits per heavy atom. The third kappa shape index (κ3) is 2.94. The van der Waals surface area contributed by atoms with Gasteiger partial charge in [0.2, 0.25) is 0 Å². The van der Waals surface area contributed by atoms with E-state index in [0.717, 1.165) is 10.8 Å². The van der Waals surface area contributed by atoms with Crippen molar-refractivity contribution in [1.82, 2.24) is 5.32 Å². The van der Waals surface area contributed by atoms with Crippen molar-refractivity contribution < 1.29 is 17.5 Å². The first-order valence-corrected chi connectivity index (χ1v) is 9.97. The van der Waals surface area contributed by atoms with Crippen LogP contribution in [0, 0.1) is 5.82 Å². The molecule has 0 aromatic heterocycles. The highest BCUT2D eigenvalue weighted by molar-refractivity contribution is 7.95. The van der Waals surface area contributed by atoms with Gasteiger partial charge in [-0.25, -0.2) is 8.70 Å². The van der Waals surface area contributed by atoms with Crippen LogP contribution >= 0.6 is 0 Å². The lowest BCUT2D eigenvalue weighted by atomic mass is 10.2. The van der Waals surface area contributed by atoms with Gasteiger partial charge in [-0.2, -0.15) is 8.42 Å². The quantitative estimate of drug-likeness (QED) is 0.889. The Kier molecular flexibility index (Phi) is 4.56. The van der Waals surface area contributed by atoms with Crippen LogP contribution in [0.4, 0.5) is 21.5 Å². The van der Waals surface area contributed by atoms with Gasteiger partial charge in [0.25, 0.3) is 0 Å². The molecule has 0 bridgehead atoms. The Hall–Kier alpha value is -2.16. The minimum absolute atomic E-state index is 0.0260. The molecule has 1 N–H and O–H groups in total. The number of para-hydroxylation sites is 3. The van der Waals surface area contributed by atoms with Crippen LogP contribution in [0.1, 0.15) is 6.42 Å². The van der Waals surface area contributed by atoms with E-state index in [2.05, 4.69) is 5.32 Å². The molecule has 1 fully saturated rings. The van der Waals surface area contributed by atoms with Crippen molar-refractivity contribution in [1.29, 1.82) is 0 Å². The monoisotopic (exact) mass is 377 g/mol. The van der Waals surface area contributed by atoms with E-state index in [1.807, 2.05) is 0 Å². The molecular formula is C18H20FN3O3S. The summed E-state index contributed by atoms with van der Waals surface area (Å²) in [6.45, 7) is 2.40. The number of morpholine rings is 1. The zero-order valence-corrected chi connectivity index (χ0v) is 15.0. The molecule has 1 atom stereocenters. The second-order valence-corrected chi connectivity index (χ2v) is 7.97. The molecule has 0 unspecified atom stereocenters. The molecular weight excluding hydrogens is 357 g/mol. The maximum absolute atomic E-state index is 14.3. The highest BCUT2D eigenvalue weighted by atomic mass is 32.2. The Morgan fingerprint density at radius 1 is 1.08 bits per heavy atom. The summed E-state index contributed by atoms with van der Waals surface area (Å²) in [5.74, 6) is -0.576. The lowest BCUT2D eigenvalue weighted by Crippen LogP contribution is -2.42. The van der Waals surface area contributed by atoms with E-state index < -0.39 is 16.0 Å². The van der Waals surface area contributed by atoms with Gasteiger partial charge in [-0.15, -0.1) is 0 Å². The summed E-state index contributed by atoms with van der Waals surface area (Å²) in [4.78, 5) is 0. The van der Waals surface area contributed by atoms with Crippen molar-refractivity contribution in [2.24, 2.45) is 0 Å². The normalized spacial score (nSPS) is 21.7. The maximum atomic E-state index is 14.3. The lowest BCUT2D eigenvalue weighted by molar-refractivity contribution is 0.0254. The van der Waals surface area contributed by atoms with Crippen LogP contribution in [0.25, 0.3) is 0 Å². The largest absolute Gasteiger partial charge is 0.376 e. The molecule has 26 heavy (non-hydrogen) atoms. The highest BCUT2D eigenvalue weighted by Gasteiger charge is 2.42. The number of benzene rings is 2. The van der Waals surface area contributed by atoms with E-state index in [4.69, 9.17) is 4.74 Å². The molecule has 2 aliphatic rings. The van der Waals surface area contributed by atoms with Crippen LogP contribution < -0.4 is 13.9 Å². The van der Waals surface area contributed by atoms with Crippen molar-refractivity contribution in [3.63, 3.8) is 0 Å². The number of fused-ring (bicyclic) bond motifs is 1. The molecule has 0 amide bonds. The molecule has 0 spiro atoms. The molecule has 2 aromatic carbocycles. The van der Waals surface area contributed by atoms with Gasteiger partial charge < -0.3 is 10.1 Å². The van der Waals surface area contributed by atoms with E-state index >= 15 is 0 Å². The Morgan fingerprint density at radius 3 is 2.46 bits per heavy atom. The first-order chi connectivity index (χ1) is 12.6. The minimum atomic E-state index is -3.91. The summed E-state index contributed by atoms with van der Waals surface area (Å²) >= 11 is 0. The van der Waals surface area contributed by atoms with Crippen molar-refractivity contribution in [3.05, 3.63) is 54.3 Å². The van der Waals surface area contributed by atoms with Gasteiger partial charge in [0.1, 0.15) is 5.82 Å². The Bertz CT molecular complexity index is 900. The van der Waals surface area contributed by atoms with Crippen LogP contribution in [-0.4, -0.2) is 40.8 Å². The predicted molar refractivity (Wildman–Crippen MR) is 98.5 cm³/mol. The fourth-order valence-corrected chi connectivity index (χ4v) is 5.10. The molecule has 6 nitrogen and oxygen atoms in total. The van der Waals surface area contributed by atoms with E-state index in [0.29, 0.717) is 30.9 Å². The Balaban J connectivity index is 1.68. The van der Waals surface area contributed by atoms with E-state index in [1.54, 1.807) is 36.4 Å². The first kappa shape index (κ1) is 17.3. The van der Waals surface area contributed by atoms with Gasteiger partial charge in [0.05, 0.1) is 29.8 Å². The third-order valence-electron chi connectivity index (χ3n) is 4.61. The molecule has 0 aliphatic carbocycles. The zero-order valence-electron chi connectivity index (χ0n) is 14.1. The number of anilines is 3. The van der Waals surface area contributed by atoms with E-state index in [9.17, 15) is 12.8 Å². The van der Waals surface area contributed by atoms with Gasteiger partial charge in [-0.3, -0.25) is 4.31 Å². The van der Waals surface area contributed by atoms with Crippen molar-refractivity contribution >= 4 is 27.3 Å². The number of halogens is 1. The van der Waals surface area contributed by atoms with Crippen LogP contribution in [0.2, 0.25) is 0 Å². The van der Waals surface area contributed by atoms with E-state index in [-0.39, 0.29) is 18.3 Å². The molecule has 0 radical (unpaired) electrons. The highest BCUT2D eigenvalue weighted by Crippen LogP contribution is 2.45. The second kappa shape index (κ2) is 6.86. The summed E-state index contributed by atoms with van der Waals surface area (Å²) in [6.07, 6.45) is 0.528. The zero-order chi connectivity index (χ0) is 18.1. The standard InChI is InChI=1S/C18H20FN3O3S/c19-15-5-1-2-6-16(15)22-18-8-4-3-7-17(18)21(26(22,23)24)11-9-14-13-20-10-12-25-14/h1-8,14,20H,9-13H2/t14-/m1/s1. The van der Waals surface area contributed by atoms with Crippen LogP contribution in [-0.2, 0) is 14.9 Å². The van der Waals surface area contributed by atoms with Crippen LogP contribution in [0.5, 0.6) is 0 Å². The number of hydrogen-bond donors (Lipinski definition) is 1. The third-order valence-corrected chi connectivity index (χ3v) is 6.40. The fraction of sp³-hybridized carbons (Fsp3) is 0.333. The van der Waals surface area contributed by atoms with Gasteiger partial charge in [-0.05, 0) is 30.7 Å². The number of rotatable bonds is 4. The Labute approximate surface area is 152 Å². The molecule has 4 rings (SSSR count).